The monoisotopic (exact) mass is 476 g/mol. The van der Waals surface area contributed by atoms with Gasteiger partial charge in [-0.25, -0.2) is 4.68 Å². The van der Waals surface area contributed by atoms with Gasteiger partial charge in [0.2, 0.25) is 0 Å². The molecule has 2 aromatic carbocycles. The first kappa shape index (κ1) is 22.7. The van der Waals surface area contributed by atoms with Crippen LogP contribution < -0.4 is 5.56 Å². The highest BCUT2D eigenvalue weighted by molar-refractivity contribution is 6.31. The van der Waals surface area contributed by atoms with Crippen molar-refractivity contribution >= 4 is 22.5 Å². The lowest BCUT2D eigenvalue weighted by Crippen LogP contribution is -2.28. The van der Waals surface area contributed by atoms with Crippen molar-refractivity contribution in [2.45, 2.75) is 65.2 Å². The van der Waals surface area contributed by atoms with Crippen LogP contribution in [0.15, 0.2) is 47.3 Å². The number of pyridine rings is 1. The Hall–Kier alpha value is -3.03. The molecule has 0 amide bonds. The molecule has 1 aliphatic carbocycles. The number of H-pyrrole nitrogens is 1. The fourth-order valence-electron chi connectivity index (χ4n) is 5.07. The molecular formula is C26H29ClN6O. The van der Waals surface area contributed by atoms with Crippen molar-refractivity contribution in [3.8, 4) is 0 Å². The maximum atomic E-state index is 13.0. The molecule has 176 valence electrons. The van der Waals surface area contributed by atoms with Gasteiger partial charge < -0.3 is 4.98 Å². The molecule has 0 atom stereocenters. The standard InChI is InChI=1S/C26H29ClN6O/c1-17-11-18(2)25-20(12-17)13-21(26(34)28-25)15-32(14-19-7-3-6-10-23(19)27)16-24-29-30-31-33(24)22-8-4-5-9-22/h3,6-7,10-13,22H,4-5,8-9,14-16H2,1-2H3,(H,28,34). The molecule has 0 bridgehead atoms. The summed E-state index contributed by atoms with van der Waals surface area (Å²) in [4.78, 5) is 18.3. The molecule has 8 heteroatoms. The lowest BCUT2D eigenvalue weighted by molar-refractivity contribution is 0.232. The highest BCUT2D eigenvalue weighted by Crippen LogP contribution is 2.30. The molecule has 0 radical (unpaired) electrons. The average Bonchev–Trinajstić information content (AvgIpc) is 3.48. The van der Waals surface area contributed by atoms with E-state index < -0.39 is 0 Å². The molecule has 1 saturated carbocycles. The molecule has 5 rings (SSSR count). The van der Waals surface area contributed by atoms with E-state index in [-0.39, 0.29) is 5.56 Å². The number of tetrazole rings is 1. The maximum Gasteiger partial charge on any atom is 0.252 e. The number of aryl methyl sites for hydroxylation is 2. The summed E-state index contributed by atoms with van der Waals surface area (Å²) in [6.07, 6.45) is 4.62. The van der Waals surface area contributed by atoms with Crippen LogP contribution in [-0.2, 0) is 19.6 Å². The summed E-state index contributed by atoms with van der Waals surface area (Å²) in [7, 11) is 0. The third-order valence-corrected chi connectivity index (χ3v) is 7.08. The predicted molar refractivity (Wildman–Crippen MR) is 134 cm³/mol. The zero-order valence-corrected chi connectivity index (χ0v) is 20.3. The fourth-order valence-corrected chi connectivity index (χ4v) is 5.27. The maximum absolute atomic E-state index is 13.0. The molecule has 2 aromatic heterocycles. The van der Waals surface area contributed by atoms with E-state index in [1.807, 2.05) is 41.9 Å². The van der Waals surface area contributed by atoms with E-state index in [0.29, 0.717) is 36.3 Å². The van der Waals surface area contributed by atoms with Crippen LogP contribution in [0.25, 0.3) is 10.9 Å². The van der Waals surface area contributed by atoms with Gasteiger partial charge in [-0.1, -0.05) is 54.3 Å². The minimum absolute atomic E-state index is 0.0704. The van der Waals surface area contributed by atoms with Crippen LogP contribution in [0.3, 0.4) is 0 Å². The smallest absolute Gasteiger partial charge is 0.252 e. The van der Waals surface area contributed by atoms with Gasteiger partial charge in [-0.3, -0.25) is 9.69 Å². The van der Waals surface area contributed by atoms with Crippen LogP contribution in [-0.4, -0.2) is 30.1 Å². The summed E-state index contributed by atoms with van der Waals surface area (Å²) in [5.74, 6) is 0.822. The number of aromatic nitrogens is 5. The van der Waals surface area contributed by atoms with Crippen molar-refractivity contribution in [2.75, 3.05) is 0 Å². The van der Waals surface area contributed by atoms with E-state index in [9.17, 15) is 4.79 Å². The van der Waals surface area contributed by atoms with Gasteiger partial charge in [0, 0.05) is 23.7 Å². The number of hydrogen-bond donors (Lipinski definition) is 1. The van der Waals surface area contributed by atoms with Crippen LogP contribution in [0.1, 0.15) is 59.8 Å². The van der Waals surface area contributed by atoms with E-state index in [4.69, 9.17) is 11.6 Å². The van der Waals surface area contributed by atoms with Crippen molar-refractivity contribution in [3.05, 3.63) is 85.9 Å². The van der Waals surface area contributed by atoms with E-state index >= 15 is 0 Å². The van der Waals surface area contributed by atoms with E-state index in [1.165, 1.54) is 18.4 Å². The third kappa shape index (κ3) is 4.76. The minimum Gasteiger partial charge on any atom is -0.321 e. The van der Waals surface area contributed by atoms with Gasteiger partial charge in [0.05, 0.1) is 18.1 Å². The first-order valence-electron chi connectivity index (χ1n) is 11.8. The molecule has 4 aromatic rings. The van der Waals surface area contributed by atoms with Gasteiger partial charge >= 0.3 is 0 Å². The van der Waals surface area contributed by atoms with E-state index in [2.05, 4.69) is 44.5 Å². The third-order valence-electron chi connectivity index (χ3n) is 6.71. The second kappa shape index (κ2) is 9.68. The van der Waals surface area contributed by atoms with E-state index in [0.717, 1.165) is 40.7 Å². The summed E-state index contributed by atoms with van der Waals surface area (Å²) in [5.41, 5.74) is 4.78. The Kier molecular flexibility index (Phi) is 6.48. The Morgan fingerprint density at radius 2 is 1.82 bits per heavy atom. The average molecular weight is 477 g/mol. The summed E-state index contributed by atoms with van der Waals surface area (Å²) < 4.78 is 1.98. The molecule has 2 heterocycles. The summed E-state index contributed by atoms with van der Waals surface area (Å²) in [5, 5.41) is 14.4. The highest BCUT2D eigenvalue weighted by atomic mass is 35.5. The topological polar surface area (TPSA) is 79.7 Å². The molecule has 7 nitrogen and oxygen atoms in total. The zero-order valence-electron chi connectivity index (χ0n) is 19.6. The second-order valence-corrected chi connectivity index (χ2v) is 9.79. The number of benzene rings is 2. The van der Waals surface area contributed by atoms with Crippen LogP contribution >= 0.6 is 11.6 Å². The highest BCUT2D eigenvalue weighted by Gasteiger charge is 2.23. The van der Waals surface area contributed by atoms with Crippen LogP contribution in [0.2, 0.25) is 5.02 Å². The normalized spacial score (nSPS) is 14.5. The molecule has 34 heavy (non-hydrogen) atoms. The van der Waals surface area contributed by atoms with Crippen molar-refractivity contribution in [1.82, 2.24) is 30.1 Å². The predicted octanol–water partition coefficient (Wildman–Crippen LogP) is 5.10. The molecule has 0 spiro atoms. The molecule has 1 fully saturated rings. The van der Waals surface area contributed by atoms with Gasteiger partial charge in [-0.15, -0.1) is 5.10 Å². The number of aromatic amines is 1. The molecule has 1 aliphatic rings. The summed E-state index contributed by atoms with van der Waals surface area (Å²) in [6.45, 7) is 5.67. The number of hydrogen-bond acceptors (Lipinski definition) is 5. The van der Waals surface area contributed by atoms with Gasteiger partial charge in [-0.2, -0.15) is 0 Å². The van der Waals surface area contributed by atoms with Crippen molar-refractivity contribution in [2.24, 2.45) is 0 Å². The summed E-state index contributed by atoms with van der Waals surface area (Å²) in [6, 6.07) is 14.4. The number of nitrogens with one attached hydrogen (secondary N) is 1. The van der Waals surface area contributed by atoms with Crippen LogP contribution in [0.4, 0.5) is 0 Å². The molecular weight excluding hydrogens is 448 g/mol. The second-order valence-electron chi connectivity index (χ2n) is 9.38. The lowest BCUT2D eigenvalue weighted by Gasteiger charge is -2.23. The van der Waals surface area contributed by atoms with Gasteiger partial charge in [0.15, 0.2) is 5.82 Å². The van der Waals surface area contributed by atoms with E-state index in [1.54, 1.807) is 0 Å². The Labute approximate surface area is 203 Å². The number of halogens is 1. The van der Waals surface area contributed by atoms with Crippen molar-refractivity contribution in [1.29, 1.82) is 0 Å². The number of nitrogens with zero attached hydrogens (tertiary/aromatic N) is 5. The molecule has 0 unspecified atom stereocenters. The van der Waals surface area contributed by atoms with Crippen molar-refractivity contribution in [3.63, 3.8) is 0 Å². The van der Waals surface area contributed by atoms with Gasteiger partial charge in [-0.05, 0) is 71.8 Å². The quantitative estimate of drug-likeness (QED) is 0.401. The first-order chi connectivity index (χ1) is 16.5. The number of rotatable bonds is 7. The van der Waals surface area contributed by atoms with Crippen LogP contribution in [0, 0.1) is 13.8 Å². The summed E-state index contributed by atoms with van der Waals surface area (Å²) >= 11 is 6.49. The minimum atomic E-state index is -0.0704. The molecule has 1 N–H and O–H groups in total. The Balaban J connectivity index is 1.49. The molecule has 0 saturated heterocycles. The first-order valence-corrected chi connectivity index (χ1v) is 12.2. The lowest BCUT2D eigenvalue weighted by atomic mass is 10.0. The fraction of sp³-hybridized carbons (Fsp3) is 0.385. The number of fused-ring (bicyclic) bond motifs is 1. The van der Waals surface area contributed by atoms with Crippen molar-refractivity contribution < 1.29 is 0 Å². The Bertz CT molecular complexity index is 1370. The van der Waals surface area contributed by atoms with Gasteiger partial charge in [0.1, 0.15) is 0 Å². The Morgan fingerprint density at radius 3 is 2.62 bits per heavy atom. The SMILES string of the molecule is Cc1cc(C)c2[nH]c(=O)c(CN(Cc3ccccc3Cl)Cc3nnnn3C3CCCC3)cc2c1. The Morgan fingerprint density at radius 1 is 1.06 bits per heavy atom. The van der Waals surface area contributed by atoms with Crippen LogP contribution in [0.5, 0.6) is 0 Å². The zero-order chi connectivity index (χ0) is 23.7. The van der Waals surface area contributed by atoms with Gasteiger partial charge in [0.25, 0.3) is 5.56 Å². The largest absolute Gasteiger partial charge is 0.321 e. The molecule has 0 aliphatic heterocycles.